The number of fused-ring (bicyclic) bond motifs is 8. The molecule has 2 heteroatoms. The highest BCUT2D eigenvalue weighted by Crippen LogP contribution is 2.67. The first kappa shape index (κ1) is 38.3. The molecule has 0 amide bonds. The predicted octanol–water partition coefficient (Wildman–Crippen LogP) is 16.9. The van der Waals surface area contributed by atoms with E-state index in [1.165, 1.54) is 89.3 Å². The maximum absolute atomic E-state index is 2.53. The van der Waals surface area contributed by atoms with Crippen molar-refractivity contribution in [3.63, 3.8) is 0 Å². The zero-order valence-electron chi connectivity index (χ0n) is 37.0. The van der Waals surface area contributed by atoms with Crippen molar-refractivity contribution in [3.05, 3.63) is 276 Å². The lowest BCUT2D eigenvalue weighted by molar-refractivity contribution is 0.660. The van der Waals surface area contributed by atoms with Gasteiger partial charge in [0.15, 0.2) is 0 Å². The third kappa shape index (κ3) is 5.42. The van der Waals surface area contributed by atoms with Crippen LogP contribution in [0.25, 0.3) is 44.5 Å². The van der Waals surface area contributed by atoms with Gasteiger partial charge in [-0.05, 0) is 110 Å². The third-order valence-electron chi connectivity index (χ3n) is 14.6. The molecule has 0 saturated carbocycles. The number of hydrogen-bond donors (Lipinski definition) is 0. The first-order valence-corrected chi connectivity index (χ1v) is 23.1. The Bertz CT molecular complexity index is 3500. The van der Waals surface area contributed by atoms with Gasteiger partial charge in [0.2, 0.25) is 0 Å². The van der Waals surface area contributed by atoms with E-state index in [1.54, 1.807) is 0 Å². The molecular weight excluding hydrogens is 797 g/mol. The minimum Gasteiger partial charge on any atom is -0.310 e. The normalized spacial score (nSPS) is 15.6. The number of anilines is 6. The lowest BCUT2D eigenvalue weighted by Gasteiger charge is -2.45. The summed E-state index contributed by atoms with van der Waals surface area (Å²) >= 11 is 0. The Labute approximate surface area is 387 Å². The summed E-state index contributed by atoms with van der Waals surface area (Å²) in [6.45, 7) is 4.75. The molecule has 3 aliphatic rings. The van der Waals surface area contributed by atoms with Crippen molar-refractivity contribution in [2.45, 2.75) is 24.7 Å². The Balaban J connectivity index is 1.12. The van der Waals surface area contributed by atoms with Crippen molar-refractivity contribution in [3.8, 4) is 44.5 Å². The zero-order valence-corrected chi connectivity index (χ0v) is 37.0. The monoisotopic (exact) mass is 842 g/mol. The summed E-state index contributed by atoms with van der Waals surface area (Å²) in [7, 11) is 0. The van der Waals surface area contributed by atoms with Crippen molar-refractivity contribution in [2.75, 3.05) is 9.80 Å². The molecule has 10 aromatic rings. The van der Waals surface area contributed by atoms with Crippen LogP contribution in [0.15, 0.2) is 243 Å². The van der Waals surface area contributed by atoms with Crippen molar-refractivity contribution in [1.82, 2.24) is 0 Å². The minimum atomic E-state index is -0.643. The average Bonchev–Trinajstić information content (AvgIpc) is 3.81. The smallest absolute Gasteiger partial charge is 0.0755 e. The number of hydrogen-bond acceptors (Lipinski definition) is 2. The average molecular weight is 843 g/mol. The molecule has 66 heavy (non-hydrogen) atoms. The van der Waals surface area contributed by atoms with E-state index < -0.39 is 5.41 Å². The highest BCUT2D eigenvalue weighted by atomic mass is 15.2. The van der Waals surface area contributed by atoms with E-state index in [-0.39, 0.29) is 5.41 Å². The van der Waals surface area contributed by atoms with Gasteiger partial charge < -0.3 is 9.80 Å². The summed E-state index contributed by atoms with van der Waals surface area (Å²) in [5, 5.41) is 0. The molecule has 0 saturated heterocycles. The van der Waals surface area contributed by atoms with Crippen molar-refractivity contribution >= 4 is 34.1 Å². The van der Waals surface area contributed by atoms with Crippen LogP contribution in [-0.2, 0) is 10.8 Å². The van der Waals surface area contributed by atoms with E-state index in [0.717, 1.165) is 22.7 Å². The third-order valence-corrected chi connectivity index (χ3v) is 14.6. The van der Waals surface area contributed by atoms with Crippen LogP contribution in [0.2, 0.25) is 0 Å². The molecule has 1 atom stereocenters. The molecule has 0 radical (unpaired) electrons. The van der Waals surface area contributed by atoms with Gasteiger partial charge in [-0.2, -0.15) is 0 Å². The van der Waals surface area contributed by atoms with Gasteiger partial charge in [-0.25, -0.2) is 0 Å². The summed E-state index contributed by atoms with van der Waals surface area (Å²) in [6, 6.07) is 90.2. The topological polar surface area (TPSA) is 6.48 Å². The second-order valence-electron chi connectivity index (χ2n) is 18.4. The van der Waals surface area contributed by atoms with E-state index >= 15 is 0 Å². The molecule has 2 nitrogen and oxygen atoms in total. The van der Waals surface area contributed by atoms with Crippen LogP contribution in [0.3, 0.4) is 0 Å². The quantitative estimate of drug-likeness (QED) is 0.158. The van der Waals surface area contributed by atoms with Crippen molar-refractivity contribution in [1.29, 1.82) is 0 Å². The number of nitrogens with zero attached hydrogens (tertiary/aromatic N) is 2. The summed E-state index contributed by atoms with van der Waals surface area (Å²) in [5.74, 6) is 0. The molecule has 1 heterocycles. The summed E-state index contributed by atoms with van der Waals surface area (Å²) in [4.78, 5) is 5.04. The van der Waals surface area contributed by atoms with Gasteiger partial charge in [-0.15, -0.1) is 0 Å². The molecule has 2 aliphatic carbocycles. The fraction of sp³-hybridized carbons (Fsp3) is 0.0625. The minimum absolute atomic E-state index is 0.160. The van der Waals surface area contributed by atoms with Crippen molar-refractivity contribution < 1.29 is 0 Å². The van der Waals surface area contributed by atoms with Gasteiger partial charge in [0.25, 0.3) is 0 Å². The molecule has 10 aromatic carbocycles. The summed E-state index contributed by atoms with van der Waals surface area (Å²) in [6.07, 6.45) is 0. The molecule has 13 rings (SSSR count). The Morgan fingerprint density at radius 3 is 1.55 bits per heavy atom. The fourth-order valence-electron chi connectivity index (χ4n) is 11.8. The van der Waals surface area contributed by atoms with E-state index in [9.17, 15) is 0 Å². The molecule has 0 bridgehead atoms. The Morgan fingerprint density at radius 2 is 0.848 bits per heavy atom. The lowest BCUT2D eigenvalue weighted by Crippen LogP contribution is -2.36. The molecule has 0 aromatic heterocycles. The first-order valence-electron chi connectivity index (χ1n) is 23.1. The van der Waals surface area contributed by atoms with Crippen LogP contribution in [0, 0.1) is 0 Å². The van der Waals surface area contributed by atoms with Crippen LogP contribution in [0.5, 0.6) is 0 Å². The number of rotatable bonds is 7. The lowest BCUT2D eigenvalue weighted by atomic mass is 9.64. The number of benzene rings is 10. The Morgan fingerprint density at radius 1 is 0.364 bits per heavy atom. The second-order valence-corrected chi connectivity index (χ2v) is 18.4. The Hall–Kier alpha value is -8.20. The van der Waals surface area contributed by atoms with Gasteiger partial charge in [-0.3, -0.25) is 0 Å². The van der Waals surface area contributed by atoms with E-state index in [0.29, 0.717) is 0 Å². The maximum Gasteiger partial charge on any atom is 0.0755 e. The van der Waals surface area contributed by atoms with Crippen LogP contribution in [-0.4, -0.2) is 0 Å². The Kier molecular flexibility index (Phi) is 8.51. The molecule has 1 unspecified atom stereocenters. The molecular formula is C64H46N2. The zero-order chi connectivity index (χ0) is 44.0. The molecule has 1 aliphatic heterocycles. The maximum atomic E-state index is 2.53. The SMILES string of the molecule is CC1(C)c2ccccc2-c2ccc(N(c3ccc4c(c3)C3(c5ccccc5)c5ccccc5N(c5ccccc5)c5c(-c6ccccc6)ccc-4c53)c3ccccc3-c3ccccc3)cc21. The van der Waals surface area contributed by atoms with E-state index in [4.69, 9.17) is 0 Å². The first-order chi connectivity index (χ1) is 32.5. The van der Waals surface area contributed by atoms with Gasteiger partial charge in [-0.1, -0.05) is 208 Å². The molecule has 0 fully saturated rings. The number of para-hydroxylation sites is 3. The summed E-state index contributed by atoms with van der Waals surface area (Å²) < 4.78 is 0. The van der Waals surface area contributed by atoms with Gasteiger partial charge in [0, 0.05) is 39.2 Å². The second kappa shape index (κ2) is 14.7. The highest BCUT2D eigenvalue weighted by Gasteiger charge is 2.53. The van der Waals surface area contributed by atoms with Crippen LogP contribution >= 0.6 is 0 Å². The van der Waals surface area contributed by atoms with E-state index in [1.807, 2.05) is 0 Å². The van der Waals surface area contributed by atoms with Crippen molar-refractivity contribution in [2.24, 2.45) is 0 Å². The summed E-state index contributed by atoms with van der Waals surface area (Å²) in [5.41, 5.74) is 23.9. The molecule has 312 valence electrons. The molecule has 0 N–H and O–H groups in total. The fourth-order valence-corrected chi connectivity index (χ4v) is 11.8. The van der Waals surface area contributed by atoms with E-state index in [2.05, 4.69) is 266 Å². The van der Waals surface area contributed by atoms with Crippen LogP contribution in [0.4, 0.5) is 34.1 Å². The van der Waals surface area contributed by atoms with Crippen LogP contribution < -0.4 is 9.80 Å². The molecule has 0 spiro atoms. The highest BCUT2D eigenvalue weighted by molar-refractivity contribution is 6.05. The largest absolute Gasteiger partial charge is 0.310 e. The predicted molar refractivity (Wildman–Crippen MR) is 275 cm³/mol. The van der Waals surface area contributed by atoms with Gasteiger partial charge in [0.1, 0.15) is 0 Å². The van der Waals surface area contributed by atoms with Gasteiger partial charge >= 0.3 is 0 Å². The van der Waals surface area contributed by atoms with Gasteiger partial charge in [0.05, 0.1) is 22.5 Å². The van der Waals surface area contributed by atoms with Crippen LogP contribution in [0.1, 0.15) is 47.2 Å². The standard InChI is InChI=1S/C64H46N2/c1-63(2)55-31-17-15-30-51(55)52-37-35-47(41-57(52)63)65(59-33-19-16-29-49(59)43-21-7-3-8-22-43)48-36-38-53-54-40-39-50(44-23-9-4-10-24-44)62-61(54)64(58(53)42-48,45-25-11-5-12-26-45)56-32-18-20-34-60(56)66(62)46-27-13-6-14-28-46/h3-42H,1-2H3.